The van der Waals surface area contributed by atoms with Crippen LogP contribution in [0.2, 0.25) is 0 Å². The van der Waals surface area contributed by atoms with Gasteiger partial charge in [0.1, 0.15) is 12.1 Å². The zero-order chi connectivity index (χ0) is 36.4. The molecule has 7 nitrogen and oxygen atoms in total. The van der Waals surface area contributed by atoms with E-state index in [1.165, 1.54) is 51.4 Å². The van der Waals surface area contributed by atoms with Gasteiger partial charge in [-0.05, 0) is 147 Å². The first-order valence-electron chi connectivity index (χ1n) is 21.1. The Labute approximate surface area is 311 Å². The van der Waals surface area contributed by atoms with Crippen molar-refractivity contribution < 1.29 is 18.8 Å². The molecule has 0 radical (unpaired) electrons. The summed E-state index contributed by atoms with van der Waals surface area (Å²) in [4.78, 5) is 35.0. The summed E-state index contributed by atoms with van der Waals surface area (Å²) in [6.45, 7) is 17.7. The van der Waals surface area contributed by atoms with Gasteiger partial charge in [-0.1, -0.05) is 77.0 Å². The average molecular weight is 710 g/mol. The lowest BCUT2D eigenvalue weighted by Crippen LogP contribution is -2.61. The average Bonchev–Trinajstić information content (AvgIpc) is 3.45. The first-order valence-corrected chi connectivity index (χ1v) is 21.1. The lowest BCUT2D eigenvalue weighted by atomic mass is 9.42. The van der Waals surface area contributed by atoms with E-state index >= 15 is 4.79 Å². The summed E-state index contributed by atoms with van der Waals surface area (Å²) in [5.74, 6) is 6.09. The molecule has 2 heterocycles. The van der Waals surface area contributed by atoms with E-state index in [0.717, 1.165) is 62.0 Å². The number of hydrogen-bond donors (Lipinski definition) is 0. The van der Waals surface area contributed by atoms with E-state index in [9.17, 15) is 4.79 Å². The molecule has 1 aromatic carbocycles. The fourth-order valence-electron chi connectivity index (χ4n) is 15.2. The highest BCUT2D eigenvalue weighted by molar-refractivity contribution is 5.86. The van der Waals surface area contributed by atoms with Gasteiger partial charge in [0.15, 0.2) is 0 Å². The number of nitrogens with zero attached hydrogens (tertiary/aromatic N) is 3. The summed E-state index contributed by atoms with van der Waals surface area (Å²) in [5.41, 5.74) is 0.606. The molecule has 7 heteroatoms. The van der Waals surface area contributed by atoms with Crippen LogP contribution in [0.25, 0.3) is 11.4 Å². The Bertz CT molecular complexity index is 1710. The summed E-state index contributed by atoms with van der Waals surface area (Å²) >= 11 is 0. The lowest BCUT2D eigenvalue weighted by Gasteiger charge is -2.62. The molecule has 0 N–H and O–H groups in total. The molecule has 7 fully saturated rings. The third kappa shape index (κ3) is 4.61. The third-order valence-corrected chi connectivity index (χ3v) is 18.6. The van der Waals surface area contributed by atoms with Crippen molar-refractivity contribution in [1.82, 2.24) is 15.0 Å². The Hall–Kier alpha value is -2.70. The molecule has 1 aliphatic heterocycles. The molecule has 10 unspecified atom stereocenters. The predicted molar refractivity (Wildman–Crippen MR) is 200 cm³/mol. The van der Waals surface area contributed by atoms with Crippen molar-refractivity contribution in [3.8, 4) is 11.4 Å². The molecule has 11 atom stereocenters. The number of rotatable bonds is 5. The molecule has 1 aromatic heterocycles. The molecule has 6 aliphatic carbocycles. The smallest absolute Gasteiger partial charge is 0.302 e. The Morgan fingerprint density at radius 2 is 1.46 bits per heavy atom. The highest BCUT2D eigenvalue weighted by Crippen LogP contribution is 2.86. The molecule has 2 aromatic rings. The van der Waals surface area contributed by atoms with Gasteiger partial charge in [-0.3, -0.25) is 9.59 Å². The van der Waals surface area contributed by atoms with Crippen LogP contribution < -0.4 is 0 Å². The van der Waals surface area contributed by atoms with Crippen LogP contribution in [-0.4, -0.2) is 39.6 Å². The zero-order valence-electron chi connectivity index (χ0n) is 33.0. The van der Waals surface area contributed by atoms with E-state index in [1.807, 2.05) is 30.3 Å². The largest absolute Gasteiger partial charge is 0.463 e. The molecule has 282 valence electrons. The van der Waals surface area contributed by atoms with Crippen LogP contribution in [0, 0.1) is 68.5 Å². The second kappa shape index (κ2) is 11.9. The van der Waals surface area contributed by atoms with Crippen LogP contribution in [0.5, 0.6) is 0 Å². The van der Waals surface area contributed by atoms with Crippen molar-refractivity contribution in [3.63, 3.8) is 0 Å². The molecule has 0 spiro atoms. The summed E-state index contributed by atoms with van der Waals surface area (Å²) in [6, 6.07) is 9.88. The highest BCUT2D eigenvalue weighted by atomic mass is 16.5. The maximum Gasteiger partial charge on any atom is 0.302 e. The van der Waals surface area contributed by atoms with Gasteiger partial charge in [-0.2, -0.15) is 4.98 Å². The molecule has 0 bridgehead atoms. The summed E-state index contributed by atoms with van der Waals surface area (Å²) in [5, 5.41) is 4.41. The summed E-state index contributed by atoms with van der Waals surface area (Å²) in [7, 11) is 0. The Morgan fingerprint density at radius 3 is 2.19 bits per heavy atom. The first kappa shape index (κ1) is 35.0. The minimum absolute atomic E-state index is 0.0236. The number of ether oxygens (including phenoxy) is 1. The maximum atomic E-state index is 16.1. The fraction of sp³-hybridized carbons (Fsp3) is 0.778. The van der Waals surface area contributed by atoms with E-state index < -0.39 is 5.41 Å². The molecule has 1 saturated heterocycles. The number of carbonyl (C=O) groups excluding carboxylic acids is 2. The summed E-state index contributed by atoms with van der Waals surface area (Å²) < 4.78 is 11.8. The molecule has 1 amide bonds. The van der Waals surface area contributed by atoms with E-state index in [-0.39, 0.29) is 39.8 Å². The first-order chi connectivity index (χ1) is 24.7. The minimum Gasteiger partial charge on any atom is -0.463 e. The van der Waals surface area contributed by atoms with Crippen molar-refractivity contribution in [2.24, 2.45) is 68.5 Å². The van der Waals surface area contributed by atoms with Gasteiger partial charge in [0.05, 0.1) is 5.41 Å². The van der Waals surface area contributed by atoms with Gasteiger partial charge in [-0.25, -0.2) is 0 Å². The number of esters is 1. The van der Waals surface area contributed by atoms with E-state index in [1.54, 1.807) is 6.92 Å². The number of aromatic nitrogens is 2. The Balaban J connectivity index is 1.07. The molecular formula is C45H63N3O4. The van der Waals surface area contributed by atoms with Crippen molar-refractivity contribution in [1.29, 1.82) is 0 Å². The predicted octanol–water partition coefficient (Wildman–Crippen LogP) is 10.1. The third-order valence-electron chi connectivity index (χ3n) is 18.6. The second-order valence-electron chi connectivity index (χ2n) is 20.3. The van der Waals surface area contributed by atoms with Crippen molar-refractivity contribution in [3.05, 3.63) is 36.2 Å². The van der Waals surface area contributed by atoms with E-state index in [2.05, 4.69) is 51.6 Å². The number of likely N-dealkylation sites (tertiary alicyclic amines) is 1. The minimum atomic E-state index is -0.436. The quantitative estimate of drug-likeness (QED) is 0.287. The molecule has 7 aliphatic rings. The molecule has 52 heavy (non-hydrogen) atoms. The van der Waals surface area contributed by atoms with Crippen LogP contribution in [0.3, 0.4) is 0 Å². The van der Waals surface area contributed by atoms with Crippen LogP contribution in [0.15, 0.2) is 34.9 Å². The Morgan fingerprint density at radius 1 is 0.788 bits per heavy atom. The number of benzene rings is 1. The van der Waals surface area contributed by atoms with Gasteiger partial charge < -0.3 is 14.2 Å². The normalized spacial score (nSPS) is 42.4. The standard InChI is InChI=1S/C45H63N3O4/c1-27(49)51-30-16-18-31-29(26-30)15-17-33-32(31)19-20-35-34(33)21-22-45(37(35)44(7,43(6)23-24-43)41(2,3)42(45,4)5)40(50)48-25-11-14-36(48)39-46-38(47-52-39)28-12-9-8-10-13-28/h8-10,12-13,29-37H,11,14-26H2,1-7H3/t29?,30?,31?,32?,33?,34?,35?,36-,37?,44?,45?/m1/s1. The van der Waals surface area contributed by atoms with Crippen LogP contribution in [0.4, 0.5) is 0 Å². The van der Waals surface area contributed by atoms with Gasteiger partial charge >= 0.3 is 5.97 Å². The van der Waals surface area contributed by atoms with Gasteiger partial charge in [0, 0.05) is 19.0 Å². The monoisotopic (exact) mass is 709 g/mol. The van der Waals surface area contributed by atoms with Crippen molar-refractivity contribution in [2.45, 2.75) is 144 Å². The second-order valence-corrected chi connectivity index (χ2v) is 20.3. The number of amides is 1. The molecule has 9 rings (SSSR count). The topological polar surface area (TPSA) is 85.5 Å². The number of fused-ring (bicyclic) bond motifs is 7. The highest BCUT2D eigenvalue weighted by Gasteiger charge is 2.83. The van der Waals surface area contributed by atoms with E-state index in [0.29, 0.717) is 41.3 Å². The van der Waals surface area contributed by atoms with Gasteiger partial charge in [-0.15, -0.1) is 0 Å². The van der Waals surface area contributed by atoms with Crippen LogP contribution in [-0.2, 0) is 14.3 Å². The van der Waals surface area contributed by atoms with Gasteiger partial charge in [0.25, 0.3) is 0 Å². The SMILES string of the molecule is CC(=O)OC1CCC2C(CCC3C2CCC2C3CCC3(C(=O)N4CCC[C@@H]4c4nc(-c5ccccc5)no4)C2C(C)(C2(C)CC2)C(C)(C)C3(C)C)C1. The van der Waals surface area contributed by atoms with E-state index in [4.69, 9.17) is 14.2 Å². The van der Waals surface area contributed by atoms with Crippen molar-refractivity contribution >= 4 is 11.9 Å². The van der Waals surface area contributed by atoms with Crippen LogP contribution in [0.1, 0.15) is 144 Å². The van der Waals surface area contributed by atoms with Crippen molar-refractivity contribution in [2.75, 3.05) is 6.54 Å². The number of hydrogen-bond acceptors (Lipinski definition) is 6. The zero-order valence-corrected chi connectivity index (χ0v) is 33.0. The molecule has 6 saturated carbocycles. The Kier molecular flexibility index (Phi) is 8.02. The summed E-state index contributed by atoms with van der Waals surface area (Å²) in [6.07, 6.45) is 15.1. The maximum absolute atomic E-state index is 16.1. The lowest BCUT2D eigenvalue weighted by molar-refractivity contribution is -0.176. The fourth-order valence-corrected chi connectivity index (χ4v) is 15.2. The number of carbonyl (C=O) groups is 2. The van der Waals surface area contributed by atoms with Crippen LogP contribution >= 0.6 is 0 Å². The molecular weight excluding hydrogens is 647 g/mol. The van der Waals surface area contributed by atoms with Gasteiger partial charge in [0.2, 0.25) is 17.6 Å².